The van der Waals surface area contributed by atoms with Crippen LogP contribution in [0.15, 0.2) is 29.2 Å². The van der Waals surface area contributed by atoms with Crippen molar-refractivity contribution >= 4 is 33.0 Å². The summed E-state index contributed by atoms with van der Waals surface area (Å²) in [7, 11) is -5.53. The number of rotatable bonds is 5. The van der Waals surface area contributed by atoms with Crippen molar-refractivity contribution in [3.63, 3.8) is 0 Å². The molecule has 0 aliphatic rings. The fraction of sp³-hybridized carbons (Fsp3) is 0.409. The first-order valence-electron chi connectivity index (χ1n) is 9.80. The first-order chi connectivity index (χ1) is 14.5. The number of anilines is 1. The lowest BCUT2D eigenvalue weighted by atomic mass is 9.84. The van der Waals surface area contributed by atoms with Crippen LogP contribution in [0.3, 0.4) is 0 Å². The van der Waals surface area contributed by atoms with E-state index in [1.54, 1.807) is 19.9 Å². The molecular formula is C22H25ClF3NO4S. The summed E-state index contributed by atoms with van der Waals surface area (Å²) in [6, 6.07) is 4.40. The van der Waals surface area contributed by atoms with Gasteiger partial charge in [-0.15, -0.1) is 0 Å². The molecule has 32 heavy (non-hydrogen) atoms. The Morgan fingerprint density at radius 2 is 1.75 bits per heavy atom. The second-order valence-corrected chi connectivity index (χ2v) is 10.8. The number of benzene rings is 2. The number of phenols is 1. The summed E-state index contributed by atoms with van der Waals surface area (Å²) in [6.45, 7) is 8.85. The summed E-state index contributed by atoms with van der Waals surface area (Å²) in [5, 5.41) is 13.6. The number of alkyl halides is 3. The quantitative estimate of drug-likeness (QED) is 0.525. The van der Waals surface area contributed by atoms with Gasteiger partial charge in [-0.1, -0.05) is 45.7 Å². The molecule has 10 heteroatoms. The number of hydrogen-bond acceptors (Lipinski definition) is 4. The van der Waals surface area contributed by atoms with Crippen LogP contribution in [-0.2, 0) is 21.7 Å². The van der Waals surface area contributed by atoms with Crippen LogP contribution < -0.4 is 5.32 Å². The molecule has 0 heterocycles. The highest BCUT2D eigenvalue weighted by molar-refractivity contribution is 7.92. The van der Waals surface area contributed by atoms with E-state index in [1.807, 2.05) is 20.8 Å². The monoisotopic (exact) mass is 491 g/mol. The lowest BCUT2D eigenvalue weighted by Crippen LogP contribution is -2.23. The van der Waals surface area contributed by atoms with E-state index < -0.39 is 31.6 Å². The third kappa shape index (κ3) is 5.04. The average molecular weight is 492 g/mol. The van der Waals surface area contributed by atoms with Crippen molar-refractivity contribution in [3.8, 4) is 5.75 Å². The predicted molar refractivity (Wildman–Crippen MR) is 118 cm³/mol. The van der Waals surface area contributed by atoms with Gasteiger partial charge >= 0.3 is 5.51 Å². The van der Waals surface area contributed by atoms with Gasteiger partial charge in [0.15, 0.2) is 0 Å². The Morgan fingerprint density at radius 1 is 1.16 bits per heavy atom. The maximum Gasteiger partial charge on any atom is 0.501 e. The van der Waals surface area contributed by atoms with Crippen LogP contribution in [0.5, 0.6) is 5.75 Å². The Morgan fingerprint density at radius 3 is 2.25 bits per heavy atom. The number of halogens is 4. The number of hydrogen-bond donors (Lipinski definition) is 2. The van der Waals surface area contributed by atoms with Crippen LogP contribution in [0.2, 0.25) is 5.02 Å². The molecule has 0 saturated carbocycles. The fourth-order valence-corrected chi connectivity index (χ4v) is 4.25. The van der Waals surface area contributed by atoms with E-state index in [-0.39, 0.29) is 34.0 Å². The van der Waals surface area contributed by atoms with E-state index in [0.29, 0.717) is 17.5 Å². The minimum absolute atomic E-state index is 0.0585. The largest absolute Gasteiger partial charge is 0.507 e. The van der Waals surface area contributed by atoms with Crippen molar-refractivity contribution in [2.45, 2.75) is 63.3 Å². The molecular weight excluding hydrogens is 467 g/mol. The molecule has 0 aromatic heterocycles. The van der Waals surface area contributed by atoms with Gasteiger partial charge in [-0.25, -0.2) is 8.42 Å². The van der Waals surface area contributed by atoms with Gasteiger partial charge in [0, 0.05) is 16.3 Å². The maximum atomic E-state index is 13.1. The fourth-order valence-electron chi connectivity index (χ4n) is 3.24. The Kier molecular flexibility index (Phi) is 7.26. The summed E-state index contributed by atoms with van der Waals surface area (Å²) in [5.41, 5.74) is -4.85. The molecule has 0 fully saturated rings. The Hall–Kier alpha value is -2.26. The number of aromatic hydroxyl groups is 1. The molecule has 0 spiro atoms. The molecule has 2 aromatic rings. The van der Waals surface area contributed by atoms with E-state index in [4.69, 9.17) is 11.6 Å². The second-order valence-electron chi connectivity index (χ2n) is 8.48. The molecule has 0 aliphatic heterocycles. The number of sulfone groups is 1. The molecule has 0 aliphatic carbocycles. The van der Waals surface area contributed by atoms with Crippen molar-refractivity contribution in [1.29, 1.82) is 0 Å². The van der Waals surface area contributed by atoms with Crippen LogP contribution >= 0.6 is 11.6 Å². The van der Waals surface area contributed by atoms with Crippen LogP contribution in [0.25, 0.3) is 0 Å². The van der Waals surface area contributed by atoms with Gasteiger partial charge in [0.25, 0.3) is 15.7 Å². The second kappa shape index (κ2) is 8.94. The Labute approximate surface area is 190 Å². The normalized spacial score (nSPS) is 12.7. The van der Waals surface area contributed by atoms with Crippen molar-refractivity contribution in [2.24, 2.45) is 0 Å². The molecule has 176 valence electrons. The Balaban J connectivity index is 2.56. The highest BCUT2D eigenvalue weighted by atomic mass is 35.5. The van der Waals surface area contributed by atoms with Crippen LogP contribution in [0.1, 0.15) is 61.2 Å². The lowest BCUT2D eigenvalue weighted by Gasteiger charge is -2.24. The van der Waals surface area contributed by atoms with E-state index in [2.05, 4.69) is 5.32 Å². The van der Waals surface area contributed by atoms with E-state index in [1.165, 1.54) is 0 Å². The zero-order valence-corrected chi connectivity index (χ0v) is 19.9. The molecule has 2 N–H and O–H groups in total. The van der Waals surface area contributed by atoms with Gasteiger partial charge in [0.05, 0.1) is 10.5 Å². The number of carbonyl (C=O) groups is 1. The zero-order chi connectivity index (χ0) is 24.6. The van der Waals surface area contributed by atoms with Crippen molar-refractivity contribution in [3.05, 3.63) is 51.5 Å². The van der Waals surface area contributed by atoms with Crippen molar-refractivity contribution < 1.29 is 31.5 Å². The van der Waals surface area contributed by atoms with Gasteiger partial charge in [-0.3, -0.25) is 4.79 Å². The number of nitrogens with one attached hydrogen (secondary N) is 1. The Bertz CT molecular complexity index is 1150. The van der Waals surface area contributed by atoms with Crippen LogP contribution in [0, 0.1) is 6.92 Å². The molecule has 1 amide bonds. The first-order valence-corrected chi connectivity index (χ1v) is 11.7. The summed E-state index contributed by atoms with van der Waals surface area (Å²) in [4.78, 5) is 12.2. The third-order valence-electron chi connectivity index (χ3n) is 4.99. The van der Waals surface area contributed by atoms with E-state index in [9.17, 15) is 31.5 Å². The number of amides is 1. The smallest absolute Gasteiger partial charge is 0.501 e. The zero-order valence-electron chi connectivity index (χ0n) is 18.3. The average Bonchev–Trinajstić information content (AvgIpc) is 2.64. The molecule has 2 aromatic carbocycles. The van der Waals surface area contributed by atoms with Gasteiger partial charge in [-0.05, 0) is 54.2 Å². The molecule has 0 atom stereocenters. The highest BCUT2D eigenvalue weighted by Crippen LogP contribution is 2.39. The van der Waals surface area contributed by atoms with Crippen molar-refractivity contribution in [2.75, 3.05) is 5.32 Å². The summed E-state index contributed by atoms with van der Waals surface area (Å²) < 4.78 is 62.3. The number of aryl methyl sites for hydroxylation is 1. The molecule has 0 unspecified atom stereocenters. The molecule has 0 bridgehead atoms. The molecule has 2 rings (SSSR count). The topological polar surface area (TPSA) is 83.5 Å². The molecule has 0 saturated heterocycles. The summed E-state index contributed by atoms with van der Waals surface area (Å²) in [5.74, 6) is -0.956. The number of carbonyl (C=O) groups excluding carboxylic acids is 1. The summed E-state index contributed by atoms with van der Waals surface area (Å²) in [6.07, 6.45) is 0.721. The van der Waals surface area contributed by atoms with E-state index in [0.717, 1.165) is 18.2 Å². The molecule has 5 nitrogen and oxygen atoms in total. The van der Waals surface area contributed by atoms with Gasteiger partial charge in [-0.2, -0.15) is 13.2 Å². The minimum atomic E-state index is -5.53. The van der Waals surface area contributed by atoms with Crippen LogP contribution in [-0.4, -0.2) is 24.9 Å². The SMILES string of the molecule is CCCc1cc(S(=O)(=O)C(F)(F)F)ccc1NC(=O)c1c(C)c(Cl)cc(C(C)(C)C)c1O. The lowest BCUT2D eigenvalue weighted by molar-refractivity contribution is -0.0436. The van der Waals surface area contributed by atoms with Crippen LogP contribution in [0.4, 0.5) is 18.9 Å². The summed E-state index contributed by atoms with van der Waals surface area (Å²) >= 11 is 6.27. The standard InChI is InChI=1S/C22H25ClF3NO4S/c1-6-7-13-10-14(32(30,31)22(24,25)26)8-9-17(13)27-20(29)18-12(2)16(23)11-15(19(18)28)21(3,4)5/h8-11,28H,6-7H2,1-5H3,(H,27,29). The minimum Gasteiger partial charge on any atom is -0.507 e. The maximum absolute atomic E-state index is 13.1. The highest BCUT2D eigenvalue weighted by Gasteiger charge is 2.47. The number of phenolic OH excluding ortho intramolecular Hbond substituents is 1. The molecule has 0 radical (unpaired) electrons. The van der Waals surface area contributed by atoms with E-state index >= 15 is 0 Å². The van der Waals surface area contributed by atoms with Crippen molar-refractivity contribution in [1.82, 2.24) is 0 Å². The predicted octanol–water partition coefficient (Wildman–Crippen LogP) is 6.15. The first kappa shape index (κ1) is 26.0. The van der Waals surface area contributed by atoms with Gasteiger partial charge < -0.3 is 10.4 Å². The van der Waals surface area contributed by atoms with Gasteiger partial charge in [0.2, 0.25) is 0 Å². The third-order valence-corrected chi connectivity index (χ3v) is 6.87. The van der Waals surface area contributed by atoms with Gasteiger partial charge in [0.1, 0.15) is 5.75 Å².